The number of nitrogens with zero attached hydrogens (tertiary/aromatic N) is 1. The molecule has 0 radical (unpaired) electrons. The quantitative estimate of drug-likeness (QED) is 0.439. The summed E-state index contributed by atoms with van der Waals surface area (Å²) in [5.74, 6) is -0.772. The maximum Gasteiger partial charge on any atom is 0.264 e. The van der Waals surface area contributed by atoms with Crippen LogP contribution in [0.2, 0.25) is 0 Å². The van der Waals surface area contributed by atoms with Crippen molar-refractivity contribution in [2.24, 2.45) is 5.73 Å². The molecule has 0 aromatic heterocycles. The number of amides is 2. The first-order valence-corrected chi connectivity index (χ1v) is 3.35. The van der Waals surface area contributed by atoms with Gasteiger partial charge in [-0.25, -0.2) is 0 Å². The molecule has 0 aromatic carbocycles. The highest BCUT2D eigenvalue weighted by Crippen LogP contribution is 2.03. The Kier molecular flexibility index (Phi) is 1.88. The van der Waals surface area contributed by atoms with Gasteiger partial charge in [0.1, 0.15) is 0 Å². The molecule has 6 heteroatoms. The first kappa shape index (κ1) is 8.09. The monoisotopic (exact) mass is 173 g/mol. The van der Waals surface area contributed by atoms with Crippen LogP contribution in [0.25, 0.3) is 0 Å². The van der Waals surface area contributed by atoms with Crippen LogP contribution in [0.1, 0.15) is 6.92 Å². The van der Waals surface area contributed by atoms with E-state index in [1.165, 1.54) is 6.92 Å². The summed E-state index contributed by atoms with van der Waals surface area (Å²) in [7, 11) is 0. The number of thiocarbonyl (C=S) groups is 1. The van der Waals surface area contributed by atoms with Crippen LogP contribution in [-0.4, -0.2) is 28.0 Å². The van der Waals surface area contributed by atoms with Gasteiger partial charge in [0.05, 0.1) is 0 Å². The van der Waals surface area contributed by atoms with Crippen molar-refractivity contribution >= 4 is 29.1 Å². The number of hydrogen-bond acceptors (Lipinski definition) is 4. The zero-order valence-electron chi connectivity index (χ0n) is 5.83. The van der Waals surface area contributed by atoms with Crippen LogP contribution in [0, 0.1) is 0 Å². The van der Waals surface area contributed by atoms with Crippen molar-refractivity contribution in [2.45, 2.75) is 13.1 Å². The predicted octanol–water partition coefficient (Wildman–Crippen LogP) is -1.47. The van der Waals surface area contributed by atoms with Crippen molar-refractivity contribution in [2.75, 3.05) is 0 Å². The average Bonchev–Trinajstić information content (AvgIpc) is 2.07. The third-order valence-corrected chi connectivity index (χ3v) is 1.63. The summed E-state index contributed by atoms with van der Waals surface area (Å²) in [5.41, 5.74) is 5.32. The zero-order valence-corrected chi connectivity index (χ0v) is 6.64. The van der Waals surface area contributed by atoms with Gasteiger partial charge in [-0.1, -0.05) is 0 Å². The first-order chi connectivity index (χ1) is 5.04. The van der Waals surface area contributed by atoms with Crippen LogP contribution in [0.5, 0.6) is 0 Å². The molecule has 0 bridgehead atoms. The van der Waals surface area contributed by atoms with E-state index in [1.807, 2.05) is 0 Å². The summed E-state index contributed by atoms with van der Waals surface area (Å²) in [4.78, 5) is 22.6. The molecule has 11 heavy (non-hydrogen) atoms. The van der Waals surface area contributed by atoms with E-state index >= 15 is 0 Å². The lowest BCUT2D eigenvalue weighted by atomic mass is 10.4. The minimum absolute atomic E-state index is 0.0787. The lowest BCUT2D eigenvalue weighted by molar-refractivity contribution is -0.130. The van der Waals surface area contributed by atoms with Gasteiger partial charge in [-0.15, -0.1) is 0 Å². The summed E-state index contributed by atoms with van der Waals surface area (Å²) in [6.45, 7) is 1.30. The van der Waals surface area contributed by atoms with Gasteiger partial charge in [0.25, 0.3) is 5.91 Å². The molecule has 0 aromatic rings. The third kappa shape index (κ3) is 1.22. The van der Waals surface area contributed by atoms with E-state index in [0.717, 1.165) is 4.90 Å². The standard InChI is InChI=1S/C5H7N3O2S/c1-2(9)8-3(6)4(10)7-5(8)11/h3H,6H2,1H3,(H,7,10,11). The Morgan fingerprint density at radius 3 is 2.55 bits per heavy atom. The SMILES string of the molecule is CC(=O)N1C(=S)NC(=O)C1N. The summed E-state index contributed by atoms with van der Waals surface area (Å²) in [6.07, 6.45) is -0.958. The molecule has 1 rings (SSSR count). The molecular formula is C5H7N3O2S. The highest BCUT2D eigenvalue weighted by molar-refractivity contribution is 7.80. The molecule has 0 aliphatic carbocycles. The van der Waals surface area contributed by atoms with E-state index in [-0.39, 0.29) is 11.0 Å². The van der Waals surface area contributed by atoms with Crippen LogP contribution >= 0.6 is 12.2 Å². The van der Waals surface area contributed by atoms with E-state index in [9.17, 15) is 9.59 Å². The number of rotatable bonds is 0. The van der Waals surface area contributed by atoms with Gasteiger partial charge in [0.2, 0.25) is 5.91 Å². The van der Waals surface area contributed by atoms with Gasteiger partial charge in [0.15, 0.2) is 11.3 Å². The largest absolute Gasteiger partial charge is 0.303 e. The number of hydrogen-bond donors (Lipinski definition) is 2. The van der Waals surface area contributed by atoms with Crippen LogP contribution in [0.15, 0.2) is 0 Å². The van der Waals surface area contributed by atoms with E-state index in [1.54, 1.807) is 0 Å². The summed E-state index contributed by atoms with van der Waals surface area (Å²) >= 11 is 4.66. The molecule has 5 nitrogen and oxygen atoms in total. The lowest BCUT2D eigenvalue weighted by Gasteiger charge is -2.14. The fourth-order valence-corrected chi connectivity index (χ4v) is 1.16. The Balaban J connectivity index is 2.88. The number of nitrogens with one attached hydrogen (secondary N) is 1. The Bertz CT molecular complexity index is 240. The second-order valence-electron chi connectivity index (χ2n) is 2.13. The van der Waals surface area contributed by atoms with E-state index in [0.29, 0.717) is 0 Å². The van der Waals surface area contributed by atoms with Crippen LogP contribution < -0.4 is 11.1 Å². The second-order valence-corrected chi connectivity index (χ2v) is 2.51. The summed E-state index contributed by atoms with van der Waals surface area (Å²) < 4.78 is 0. The van der Waals surface area contributed by atoms with E-state index in [4.69, 9.17) is 5.73 Å². The molecule has 0 spiro atoms. The fraction of sp³-hybridized carbons (Fsp3) is 0.400. The Morgan fingerprint density at radius 1 is 1.82 bits per heavy atom. The maximum absolute atomic E-state index is 10.8. The van der Waals surface area contributed by atoms with Crippen molar-refractivity contribution in [1.82, 2.24) is 10.2 Å². The van der Waals surface area contributed by atoms with E-state index in [2.05, 4.69) is 17.5 Å². The van der Waals surface area contributed by atoms with Gasteiger partial charge in [-0.05, 0) is 12.2 Å². The molecule has 1 saturated heterocycles. The first-order valence-electron chi connectivity index (χ1n) is 2.94. The van der Waals surface area contributed by atoms with Crippen molar-refractivity contribution in [3.8, 4) is 0 Å². The van der Waals surface area contributed by atoms with Gasteiger partial charge >= 0.3 is 0 Å². The van der Waals surface area contributed by atoms with Crippen LogP contribution in [0.4, 0.5) is 0 Å². The van der Waals surface area contributed by atoms with Gasteiger partial charge in [0, 0.05) is 6.92 Å². The minimum atomic E-state index is -0.958. The normalized spacial score (nSPS) is 23.8. The van der Waals surface area contributed by atoms with Crippen LogP contribution in [0.3, 0.4) is 0 Å². The molecular weight excluding hydrogens is 166 g/mol. The number of nitrogens with two attached hydrogens (primary N) is 1. The smallest absolute Gasteiger partial charge is 0.264 e. The molecule has 3 N–H and O–H groups in total. The zero-order chi connectivity index (χ0) is 8.59. The highest BCUT2D eigenvalue weighted by atomic mass is 32.1. The lowest BCUT2D eigenvalue weighted by Crippen LogP contribution is -2.44. The van der Waals surface area contributed by atoms with Crippen molar-refractivity contribution in [3.63, 3.8) is 0 Å². The average molecular weight is 173 g/mol. The molecule has 1 atom stereocenters. The van der Waals surface area contributed by atoms with Crippen molar-refractivity contribution in [1.29, 1.82) is 0 Å². The number of carbonyl (C=O) groups is 2. The molecule has 1 aliphatic rings. The molecule has 2 amide bonds. The Morgan fingerprint density at radius 2 is 2.36 bits per heavy atom. The summed E-state index contributed by atoms with van der Waals surface area (Å²) in [6, 6.07) is 0. The van der Waals surface area contributed by atoms with Gasteiger partial charge in [-0.2, -0.15) is 0 Å². The third-order valence-electron chi connectivity index (χ3n) is 1.33. The molecule has 0 saturated carbocycles. The minimum Gasteiger partial charge on any atom is -0.303 e. The molecule has 1 unspecified atom stereocenters. The molecule has 1 aliphatic heterocycles. The number of carbonyl (C=O) groups excluding carboxylic acids is 2. The molecule has 60 valence electrons. The summed E-state index contributed by atoms with van der Waals surface area (Å²) in [5, 5.41) is 2.35. The fourth-order valence-electron chi connectivity index (χ4n) is 0.822. The molecule has 1 heterocycles. The maximum atomic E-state index is 10.8. The van der Waals surface area contributed by atoms with Crippen molar-refractivity contribution in [3.05, 3.63) is 0 Å². The van der Waals surface area contributed by atoms with Gasteiger partial charge < -0.3 is 5.73 Å². The Hall–Kier alpha value is -1.01. The highest BCUT2D eigenvalue weighted by Gasteiger charge is 2.35. The predicted molar refractivity (Wildman–Crippen MR) is 41.2 cm³/mol. The van der Waals surface area contributed by atoms with Gasteiger partial charge in [-0.3, -0.25) is 19.8 Å². The topological polar surface area (TPSA) is 75.4 Å². The molecule has 1 fully saturated rings. The van der Waals surface area contributed by atoms with Crippen molar-refractivity contribution < 1.29 is 9.59 Å². The second kappa shape index (κ2) is 2.55. The van der Waals surface area contributed by atoms with Crippen LogP contribution in [-0.2, 0) is 9.59 Å². The Labute approximate surface area is 68.5 Å². The van der Waals surface area contributed by atoms with E-state index < -0.39 is 12.1 Å².